The Morgan fingerprint density at radius 3 is 2.29 bits per heavy atom. The number of halogens is 3. The topological polar surface area (TPSA) is 169 Å². The summed E-state index contributed by atoms with van der Waals surface area (Å²) in [5.41, 5.74) is 3.25. The number of β-amino-alcohol motifs (C(OH)–C–C–N with tert-alkyl or cyclic N) is 1. The van der Waals surface area contributed by atoms with Gasteiger partial charge in [-0.2, -0.15) is 0 Å². The number of primary amides is 1. The molecule has 2 heterocycles. The van der Waals surface area contributed by atoms with Gasteiger partial charge < -0.3 is 30.0 Å². The van der Waals surface area contributed by atoms with Crippen molar-refractivity contribution >= 4 is 33.4 Å². The van der Waals surface area contributed by atoms with Gasteiger partial charge in [0.25, 0.3) is 15.9 Å². The van der Waals surface area contributed by atoms with Gasteiger partial charge in [0.05, 0.1) is 32.1 Å². The van der Waals surface area contributed by atoms with Crippen molar-refractivity contribution in [3.63, 3.8) is 0 Å². The van der Waals surface area contributed by atoms with Crippen molar-refractivity contribution in [2.45, 2.75) is 42.3 Å². The van der Waals surface area contributed by atoms with Gasteiger partial charge in [-0.15, -0.1) is 13.2 Å². The lowest BCUT2D eigenvalue weighted by atomic mass is 9.79. The van der Waals surface area contributed by atoms with E-state index in [-0.39, 0.29) is 46.8 Å². The number of hydrogen-bond acceptors (Lipinski definition) is 10. The zero-order valence-corrected chi connectivity index (χ0v) is 27.8. The number of likely N-dealkylation sites (N-methyl/N-ethyl adjacent to an activating group) is 1. The van der Waals surface area contributed by atoms with Crippen LogP contribution in [0.25, 0.3) is 0 Å². The number of carbonyl (C=O) groups excluding carboxylic acids is 3. The summed E-state index contributed by atoms with van der Waals surface area (Å²) in [4.78, 5) is 43.1. The van der Waals surface area contributed by atoms with Crippen LogP contribution in [-0.4, -0.2) is 94.4 Å². The average Bonchev–Trinajstić information content (AvgIpc) is 3.53. The van der Waals surface area contributed by atoms with E-state index in [2.05, 4.69) is 4.74 Å². The summed E-state index contributed by atoms with van der Waals surface area (Å²) < 4.78 is 85.1. The lowest BCUT2D eigenvalue weighted by Crippen LogP contribution is -2.59. The average molecular weight is 707 g/mol. The molecule has 0 radical (unpaired) electrons. The molecule has 262 valence electrons. The molecule has 1 fully saturated rings. The lowest BCUT2D eigenvalue weighted by molar-refractivity contribution is -0.275. The van der Waals surface area contributed by atoms with Crippen LogP contribution in [0.15, 0.2) is 59.5 Å². The number of carbonyl (C=O) groups is 3. The Bertz CT molecular complexity index is 1950. The number of nitrogens with two attached hydrogens (primary N) is 1. The summed E-state index contributed by atoms with van der Waals surface area (Å²) in [6, 6.07) is 9.53. The molecule has 13 nitrogen and oxygen atoms in total. The maximum absolute atomic E-state index is 15.4. The second-order valence-electron chi connectivity index (χ2n) is 11.7. The summed E-state index contributed by atoms with van der Waals surface area (Å²) in [5.74, 6) is -4.03. The first-order valence-electron chi connectivity index (χ1n) is 14.7. The van der Waals surface area contributed by atoms with Crippen LogP contribution in [0.3, 0.4) is 0 Å². The Hall–Kier alpha value is -4.87. The van der Waals surface area contributed by atoms with Crippen molar-refractivity contribution in [1.82, 2.24) is 9.80 Å². The number of nitrogens with zero attached hydrogens (tertiary/aromatic N) is 3. The zero-order valence-electron chi connectivity index (χ0n) is 26.9. The van der Waals surface area contributed by atoms with Gasteiger partial charge in [0.1, 0.15) is 16.4 Å². The van der Waals surface area contributed by atoms with Crippen LogP contribution < -0.4 is 24.2 Å². The standard InChI is InChI=1S/C32H33F3N4O9S/c1-17-6-10-25(47-5)22(12-17)31(38-16-19(40)14-24(38)29(42)37(2)3)21-13-18(28(36)41)7-9-23(21)39(30(31)43)49(44,45)27-11-8-20(46-4)15-26(27)48-32(33,34)35/h6-13,15,19,24,40H,14,16H2,1-5H3,(H2,36,41)/t19-,24+,31?/m1/s1. The molecule has 3 N–H and O–H groups in total. The van der Waals surface area contributed by atoms with Gasteiger partial charge in [0.15, 0.2) is 11.3 Å². The highest BCUT2D eigenvalue weighted by molar-refractivity contribution is 7.93. The molecular weight excluding hydrogens is 673 g/mol. The van der Waals surface area contributed by atoms with Crippen molar-refractivity contribution < 1.29 is 55.3 Å². The Morgan fingerprint density at radius 2 is 1.69 bits per heavy atom. The molecule has 2 aliphatic heterocycles. The number of aliphatic hydroxyl groups is 1. The van der Waals surface area contributed by atoms with E-state index in [1.165, 1.54) is 49.2 Å². The van der Waals surface area contributed by atoms with Gasteiger partial charge in [-0.05, 0) is 55.8 Å². The number of sulfonamides is 1. The molecule has 1 saturated heterocycles. The molecule has 3 aromatic carbocycles. The monoisotopic (exact) mass is 706 g/mol. The van der Waals surface area contributed by atoms with E-state index in [1.54, 1.807) is 13.0 Å². The SMILES string of the molecule is COc1ccc(S(=O)(=O)N2C(=O)C(c3cc(C)ccc3OC)(N3C[C@H](O)C[C@H]3C(=O)N(C)C)c3cc(C(N)=O)ccc32)c(OC(F)(F)F)c1. The maximum atomic E-state index is 15.4. The van der Waals surface area contributed by atoms with E-state index in [0.717, 1.165) is 31.4 Å². The van der Waals surface area contributed by atoms with Crippen LogP contribution in [0.4, 0.5) is 18.9 Å². The molecule has 2 aliphatic rings. The summed E-state index contributed by atoms with van der Waals surface area (Å²) in [7, 11) is 0.0681. The summed E-state index contributed by atoms with van der Waals surface area (Å²) in [6.07, 6.45) is -6.69. The highest BCUT2D eigenvalue weighted by Gasteiger charge is 2.64. The largest absolute Gasteiger partial charge is 0.573 e. The third-order valence-electron chi connectivity index (χ3n) is 8.46. The van der Waals surface area contributed by atoms with Crippen molar-refractivity contribution in [3.8, 4) is 17.2 Å². The van der Waals surface area contributed by atoms with Crippen LogP contribution in [0.5, 0.6) is 17.2 Å². The maximum Gasteiger partial charge on any atom is 0.573 e. The quantitative estimate of drug-likeness (QED) is 0.337. The number of benzene rings is 3. The van der Waals surface area contributed by atoms with E-state index < -0.39 is 62.4 Å². The number of amides is 3. The molecule has 17 heteroatoms. The number of alkyl halides is 3. The number of methoxy groups -OCH3 is 2. The predicted molar refractivity (Wildman–Crippen MR) is 168 cm³/mol. The van der Waals surface area contributed by atoms with Gasteiger partial charge in [-0.25, -0.2) is 12.7 Å². The molecule has 1 unspecified atom stereocenters. The van der Waals surface area contributed by atoms with E-state index in [0.29, 0.717) is 15.9 Å². The van der Waals surface area contributed by atoms with Crippen LogP contribution >= 0.6 is 0 Å². The molecule has 3 aromatic rings. The normalized spacial score (nSPS) is 21.0. The van der Waals surface area contributed by atoms with Crippen LogP contribution in [0.2, 0.25) is 0 Å². The lowest BCUT2D eigenvalue weighted by Gasteiger charge is -2.42. The number of hydrogen-bond donors (Lipinski definition) is 2. The molecule has 0 spiro atoms. The number of fused-ring (bicyclic) bond motifs is 1. The number of ether oxygens (including phenoxy) is 3. The van der Waals surface area contributed by atoms with Crippen molar-refractivity contribution in [2.75, 3.05) is 39.2 Å². The first-order valence-corrected chi connectivity index (χ1v) is 16.1. The Labute approximate surface area is 279 Å². The number of aryl methyl sites for hydroxylation is 1. The van der Waals surface area contributed by atoms with Gasteiger partial charge in [-0.3, -0.25) is 19.3 Å². The first-order chi connectivity index (χ1) is 22.9. The van der Waals surface area contributed by atoms with Gasteiger partial charge in [0, 0.05) is 43.4 Å². The van der Waals surface area contributed by atoms with Crippen molar-refractivity contribution in [2.24, 2.45) is 5.73 Å². The van der Waals surface area contributed by atoms with Gasteiger partial charge in [-0.1, -0.05) is 11.6 Å². The Morgan fingerprint density at radius 1 is 1.00 bits per heavy atom. The summed E-state index contributed by atoms with van der Waals surface area (Å²) >= 11 is 0. The molecule has 3 amide bonds. The van der Waals surface area contributed by atoms with E-state index in [1.807, 2.05) is 0 Å². The second-order valence-corrected chi connectivity index (χ2v) is 13.5. The van der Waals surface area contributed by atoms with E-state index in [4.69, 9.17) is 15.2 Å². The molecule has 3 atom stereocenters. The minimum absolute atomic E-state index is 0.0349. The fourth-order valence-corrected chi connectivity index (χ4v) is 7.97. The summed E-state index contributed by atoms with van der Waals surface area (Å²) in [6.45, 7) is 1.34. The molecule has 49 heavy (non-hydrogen) atoms. The third-order valence-corrected chi connectivity index (χ3v) is 10.2. The minimum Gasteiger partial charge on any atom is -0.497 e. The van der Waals surface area contributed by atoms with Crippen LogP contribution in [0, 0.1) is 6.92 Å². The van der Waals surface area contributed by atoms with E-state index >= 15 is 4.79 Å². The highest BCUT2D eigenvalue weighted by Crippen LogP contribution is 2.55. The van der Waals surface area contributed by atoms with Crippen molar-refractivity contribution in [3.05, 3.63) is 76.9 Å². The van der Waals surface area contributed by atoms with Crippen LogP contribution in [0.1, 0.15) is 33.5 Å². The number of anilines is 1. The number of likely N-dealkylation sites (tertiary alicyclic amines) is 1. The van der Waals surface area contributed by atoms with Crippen molar-refractivity contribution in [1.29, 1.82) is 0 Å². The van der Waals surface area contributed by atoms with Crippen LogP contribution in [-0.2, 0) is 25.2 Å². The number of aliphatic hydroxyl groups excluding tert-OH is 1. The fourth-order valence-electron chi connectivity index (χ4n) is 6.41. The fraction of sp³-hybridized carbons (Fsp3) is 0.344. The predicted octanol–water partition coefficient (Wildman–Crippen LogP) is 2.51. The Balaban J connectivity index is 1.91. The second kappa shape index (κ2) is 12.5. The molecule has 5 rings (SSSR count). The molecular formula is C32H33F3N4O9S. The van der Waals surface area contributed by atoms with E-state index in [9.17, 15) is 36.3 Å². The molecule has 0 bridgehead atoms. The Kier molecular flexibility index (Phi) is 9.07. The molecule has 0 aromatic heterocycles. The zero-order chi connectivity index (χ0) is 36.2. The van der Waals surface area contributed by atoms with Gasteiger partial charge in [0.2, 0.25) is 11.8 Å². The minimum atomic E-state index is -5.34. The highest BCUT2D eigenvalue weighted by atomic mass is 32.2. The molecule has 0 saturated carbocycles. The third kappa shape index (κ3) is 5.91. The van der Waals surface area contributed by atoms with Gasteiger partial charge >= 0.3 is 6.36 Å². The number of rotatable bonds is 9. The smallest absolute Gasteiger partial charge is 0.497 e. The molecule has 0 aliphatic carbocycles. The summed E-state index contributed by atoms with van der Waals surface area (Å²) in [5, 5.41) is 11.0. The first kappa shape index (κ1) is 35.4.